The van der Waals surface area contributed by atoms with Crippen molar-refractivity contribution < 1.29 is 14.7 Å². The molecule has 0 aromatic heterocycles. The minimum atomic E-state index is -1.01. The number of hydrogen-bond acceptors (Lipinski definition) is 2. The maximum atomic E-state index is 11.1. The van der Waals surface area contributed by atoms with E-state index in [1.165, 1.54) is 57.8 Å². The van der Waals surface area contributed by atoms with E-state index in [1.807, 2.05) is 0 Å². The predicted octanol–water partition coefficient (Wildman–Crippen LogP) is 4.73. The van der Waals surface area contributed by atoms with E-state index >= 15 is 0 Å². The lowest BCUT2D eigenvalue weighted by atomic mass is 10.0. The molecule has 0 aliphatic carbocycles. The summed E-state index contributed by atoms with van der Waals surface area (Å²) < 4.78 is 0. The summed E-state index contributed by atoms with van der Waals surface area (Å²) in [6, 6.07) is 0. The lowest BCUT2D eigenvalue weighted by Gasteiger charge is -2.02. The van der Waals surface area contributed by atoms with E-state index in [9.17, 15) is 9.59 Å². The van der Waals surface area contributed by atoms with Gasteiger partial charge in [0.1, 0.15) is 12.2 Å². The van der Waals surface area contributed by atoms with E-state index in [0.717, 1.165) is 12.8 Å². The normalized spacial score (nSPS) is 10.6. The third-order valence-electron chi connectivity index (χ3n) is 3.41. The zero-order valence-corrected chi connectivity index (χ0v) is 12.5. The van der Waals surface area contributed by atoms with Crippen molar-refractivity contribution in [2.24, 2.45) is 0 Å². The van der Waals surface area contributed by atoms with Gasteiger partial charge in [-0.05, 0) is 6.42 Å². The highest BCUT2D eigenvalue weighted by molar-refractivity contribution is 5.94. The Bertz CT molecular complexity index is 236. The summed E-state index contributed by atoms with van der Waals surface area (Å²) in [7, 11) is 0. The molecule has 1 N–H and O–H groups in total. The summed E-state index contributed by atoms with van der Waals surface area (Å²) >= 11 is 0. The van der Waals surface area contributed by atoms with Gasteiger partial charge in [-0.2, -0.15) is 0 Å². The second-order valence-electron chi connectivity index (χ2n) is 5.39. The van der Waals surface area contributed by atoms with Gasteiger partial charge in [0.25, 0.3) is 0 Å². The van der Waals surface area contributed by atoms with E-state index in [2.05, 4.69) is 6.92 Å². The molecule has 3 heteroatoms. The maximum Gasteiger partial charge on any atom is 0.310 e. The van der Waals surface area contributed by atoms with E-state index in [0.29, 0.717) is 6.42 Å². The molecule has 0 atom stereocenters. The molecule has 0 aliphatic heterocycles. The Morgan fingerprint density at radius 3 is 1.58 bits per heavy atom. The largest absolute Gasteiger partial charge is 0.481 e. The van der Waals surface area contributed by atoms with Crippen LogP contribution in [0.1, 0.15) is 90.4 Å². The van der Waals surface area contributed by atoms with E-state index in [4.69, 9.17) is 5.11 Å². The molecular weight excluding hydrogens is 240 g/mol. The van der Waals surface area contributed by atoms with Gasteiger partial charge in [-0.25, -0.2) is 0 Å². The van der Waals surface area contributed by atoms with Crippen molar-refractivity contribution in [2.75, 3.05) is 0 Å². The fourth-order valence-corrected chi connectivity index (χ4v) is 2.24. The molecule has 0 amide bonds. The summed E-state index contributed by atoms with van der Waals surface area (Å²) in [6.45, 7) is 2.24. The zero-order valence-electron chi connectivity index (χ0n) is 12.5. The van der Waals surface area contributed by atoms with Crippen molar-refractivity contribution >= 4 is 11.8 Å². The second-order valence-corrected chi connectivity index (χ2v) is 5.39. The van der Waals surface area contributed by atoms with Gasteiger partial charge in [-0.1, -0.05) is 71.1 Å². The van der Waals surface area contributed by atoms with Gasteiger partial charge in [0, 0.05) is 6.42 Å². The summed E-state index contributed by atoms with van der Waals surface area (Å²) in [4.78, 5) is 21.4. The fourth-order valence-electron chi connectivity index (χ4n) is 2.24. The smallest absolute Gasteiger partial charge is 0.310 e. The van der Waals surface area contributed by atoms with Crippen LogP contribution >= 0.6 is 0 Å². The average molecular weight is 270 g/mol. The van der Waals surface area contributed by atoms with Crippen molar-refractivity contribution in [3.8, 4) is 0 Å². The molecular formula is C16H30O3. The lowest BCUT2D eigenvalue weighted by Crippen LogP contribution is -2.05. The first-order valence-electron chi connectivity index (χ1n) is 7.90. The van der Waals surface area contributed by atoms with Crippen LogP contribution in [0.4, 0.5) is 0 Å². The SMILES string of the molecule is CCCCCCCCCCCCCC(=O)CC(=O)O. The highest BCUT2D eigenvalue weighted by atomic mass is 16.4. The number of unbranched alkanes of at least 4 members (excludes halogenated alkanes) is 10. The molecule has 0 aromatic carbocycles. The van der Waals surface area contributed by atoms with Gasteiger partial charge in [-0.3, -0.25) is 9.59 Å². The molecule has 0 spiro atoms. The first-order chi connectivity index (χ1) is 9.16. The molecule has 0 saturated carbocycles. The first-order valence-corrected chi connectivity index (χ1v) is 7.90. The fraction of sp³-hybridized carbons (Fsp3) is 0.875. The Hall–Kier alpha value is -0.860. The lowest BCUT2D eigenvalue weighted by molar-refractivity contribution is -0.140. The summed E-state index contributed by atoms with van der Waals surface area (Å²) in [5.41, 5.74) is 0. The highest BCUT2D eigenvalue weighted by Crippen LogP contribution is 2.12. The molecule has 0 saturated heterocycles. The average Bonchev–Trinajstić information content (AvgIpc) is 2.35. The van der Waals surface area contributed by atoms with Crippen LogP contribution < -0.4 is 0 Å². The monoisotopic (exact) mass is 270 g/mol. The van der Waals surface area contributed by atoms with Crippen molar-refractivity contribution in [2.45, 2.75) is 90.4 Å². The maximum absolute atomic E-state index is 11.1. The Balaban J connectivity index is 3.10. The van der Waals surface area contributed by atoms with Gasteiger partial charge in [0.05, 0.1) is 0 Å². The van der Waals surface area contributed by atoms with Crippen molar-refractivity contribution in [1.82, 2.24) is 0 Å². The topological polar surface area (TPSA) is 54.4 Å². The van der Waals surface area contributed by atoms with Crippen LogP contribution in [0.15, 0.2) is 0 Å². The van der Waals surface area contributed by atoms with Crippen molar-refractivity contribution in [3.05, 3.63) is 0 Å². The molecule has 0 radical (unpaired) electrons. The van der Waals surface area contributed by atoms with Crippen molar-refractivity contribution in [3.63, 3.8) is 0 Å². The number of carboxylic acids is 1. The Labute approximate surface area is 117 Å². The van der Waals surface area contributed by atoms with Gasteiger partial charge < -0.3 is 5.11 Å². The molecule has 0 heterocycles. The van der Waals surface area contributed by atoms with E-state index in [1.54, 1.807) is 0 Å². The number of carboxylic acid groups (broad SMARTS) is 1. The van der Waals surface area contributed by atoms with Crippen LogP contribution in [0.5, 0.6) is 0 Å². The van der Waals surface area contributed by atoms with Crippen LogP contribution in [0, 0.1) is 0 Å². The molecule has 0 rings (SSSR count). The molecule has 112 valence electrons. The molecule has 0 unspecified atom stereocenters. The van der Waals surface area contributed by atoms with Gasteiger partial charge in [0.15, 0.2) is 0 Å². The molecule has 0 fully saturated rings. The molecule has 19 heavy (non-hydrogen) atoms. The Morgan fingerprint density at radius 2 is 1.16 bits per heavy atom. The predicted molar refractivity (Wildman–Crippen MR) is 78.3 cm³/mol. The highest BCUT2D eigenvalue weighted by Gasteiger charge is 2.06. The number of Topliss-reactive ketones (excluding diaryl/α,β-unsaturated/α-hetero) is 1. The van der Waals surface area contributed by atoms with Gasteiger partial charge in [-0.15, -0.1) is 0 Å². The van der Waals surface area contributed by atoms with Crippen LogP contribution in [-0.4, -0.2) is 16.9 Å². The molecule has 0 aromatic rings. The number of hydrogen-bond donors (Lipinski definition) is 1. The Morgan fingerprint density at radius 1 is 0.737 bits per heavy atom. The minimum Gasteiger partial charge on any atom is -0.481 e. The molecule has 0 bridgehead atoms. The van der Waals surface area contributed by atoms with Crippen LogP contribution in [0.25, 0.3) is 0 Å². The number of carbonyl (C=O) groups is 2. The summed E-state index contributed by atoms with van der Waals surface area (Å²) in [6.07, 6.45) is 13.9. The van der Waals surface area contributed by atoms with Crippen molar-refractivity contribution in [1.29, 1.82) is 0 Å². The quantitative estimate of drug-likeness (QED) is 0.366. The van der Waals surface area contributed by atoms with Crippen LogP contribution in [-0.2, 0) is 9.59 Å². The third kappa shape index (κ3) is 15.1. The van der Waals surface area contributed by atoms with Crippen LogP contribution in [0.3, 0.4) is 0 Å². The van der Waals surface area contributed by atoms with E-state index in [-0.39, 0.29) is 12.2 Å². The Kier molecular flexibility index (Phi) is 13.0. The number of aliphatic carboxylic acids is 1. The van der Waals surface area contributed by atoms with Crippen LogP contribution in [0.2, 0.25) is 0 Å². The van der Waals surface area contributed by atoms with E-state index < -0.39 is 5.97 Å². The summed E-state index contributed by atoms with van der Waals surface area (Å²) in [5, 5.41) is 8.44. The standard InChI is InChI=1S/C16H30O3/c1-2-3-4-5-6-7-8-9-10-11-12-13-15(17)14-16(18)19/h2-14H2,1H3,(H,18,19). The second kappa shape index (κ2) is 13.6. The molecule has 3 nitrogen and oxygen atoms in total. The van der Waals surface area contributed by atoms with Gasteiger partial charge >= 0.3 is 5.97 Å². The minimum absolute atomic E-state index is 0.136. The number of ketones is 1. The number of carbonyl (C=O) groups excluding carboxylic acids is 1. The number of rotatable bonds is 14. The third-order valence-corrected chi connectivity index (χ3v) is 3.41. The zero-order chi connectivity index (χ0) is 14.3. The van der Waals surface area contributed by atoms with Gasteiger partial charge in [0.2, 0.25) is 0 Å². The first kappa shape index (κ1) is 18.1. The summed E-state index contributed by atoms with van der Waals surface area (Å²) in [5.74, 6) is -1.14. The molecule has 0 aliphatic rings.